The molecule has 1 N–H and O–H groups in total. The van der Waals surface area contributed by atoms with Crippen LogP contribution in [0.15, 0.2) is 0 Å². The molecule has 0 heterocycles. The topological polar surface area (TPSA) is 52.9 Å². The molecule has 3 nitrogen and oxygen atoms in total. The average Bonchev–Trinajstić information content (AvgIpc) is 2.28. The van der Waals surface area contributed by atoms with Crippen LogP contribution < -0.4 is 5.32 Å². The molecule has 1 atom stereocenters. The van der Waals surface area contributed by atoms with Crippen molar-refractivity contribution >= 4 is 5.91 Å². The van der Waals surface area contributed by atoms with Crippen molar-refractivity contribution in [3.05, 3.63) is 0 Å². The van der Waals surface area contributed by atoms with Gasteiger partial charge in [-0.3, -0.25) is 4.79 Å². The number of carbonyl (C=O) groups is 1. The van der Waals surface area contributed by atoms with Crippen LogP contribution in [0.5, 0.6) is 0 Å². The summed E-state index contributed by atoms with van der Waals surface area (Å²) in [6.07, 6.45) is 7.99. The Morgan fingerprint density at radius 3 is 2.25 bits per heavy atom. The molecule has 0 fully saturated rings. The van der Waals surface area contributed by atoms with Crippen molar-refractivity contribution in [3.8, 4) is 18.4 Å². The maximum atomic E-state index is 12.0. The predicted molar refractivity (Wildman–Crippen MR) is 64.3 cm³/mol. The van der Waals surface area contributed by atoms with E-state index in [-0.39, 0.29) is 11.9 Å². The highest BCUT2D eigenvalue weighted by molar-refractivity contribution is 5.85. The third-order valence-corrected chi connectivity index (χ3v) is 2.60. The Balaban J connectivity index is 4.82. The second-order valence-electron chi connectivity index (χ2n) is 4.06. The van der Waals surface area contributed by atoms with Gasteiger partial charge in [-0.2, -0.15) is 5.26 Å². The highest BCUT2D eigenvalue weighted by atomic mass is 16.2. The minimum absolute atomic E-state index is 0.232. The Labute approximate surface area is 98.2 Å². The highest BCUT2D eigenvalue weighted by Crippen LogP contribution is 2.29. The Bertz CT molecular complexity index is 303. The van der Waals surface area contributed by atoms with Crippen LogP contribution in [0.4, 0.5) is 0 Å². The second kappa shape index (κ2) is 6.90. The maximum absolute atomic E-state index is 12.0. The number of terminal acetylenes is 1. The van der Waals surface area contributed by atoms with Crippen LogP contribution in [-0.4, -0.2) is 11.9 Å². The summed E-state index contributed by atoms with van der Waals surface area (Å²) in [6, 6.07) is 1.84. The van der Waals surface area contributed by atoms with E-state index in [0.717, 1.165) is 12.8 Å². The third-order valence-electron chi connectivity index (χ3n) is 2.60. The van der Waals surface area contributed by atoms with Crippen LogP contribution in [0.3, 0.4) is 0 Å². The lowest BCUT2D eigenvalue weighted by Gasteiger charge is -2.25. The van der Waals surface area contributed by atoms with E-state index in [9.17, 15) is 10.1 Å². The molecule has 1 unspecified atom stereocenters. The SMILES string of the molecule is C#CC(C)NC(=O)C(C#N)(CCC)CCC. The van der Waals surface area contributed by atoms with E-state index in [0.29, 0.717) is 12.8 Å². The van der Waals surface area contributed by atoms with Crippen molar-refractivity contribution in [2.24, 2.45) is 5.41 Å². The fourth-order valence-corrected chi connectivity index (χ4v) is 1.74. The zero-order valence-corrected chi connectivity index (χ0v) is 10.3. The van der Waals surface area contributed by atoms with Crippen LogP contribution in [0.1, 0.15) is 46.5 Å². The fourth-order valence-electron chi connectivity index (χ4n) is 1.74. The van der Waals surface area contributed by atoms with Crippen molar-refractivity contribution in [2.45, 2.75) is 52.5 Å². The van der Waals surface area contributed by atoms with Gasteiger partial charge < -0.3 is 5.32 Å². The number of hydrogen-bond acceptors (Lipinski definition) is 2. The molecule has 0 aliphatic carbocycles. The van der Waals surface area contributed by atoms with Gasteiger partial charge in [0, 0.05) is 0 Å². The number of nitrogens with zero attached hydrogens (tertiary/aromatic N) is 1. The molecule has 0 radical (unpaired) electrons. The normalized spacial score (nSPS) is 12.3. The van der Waals surface area contributed by atoms with Crippen molar-refractivity contribution in [3.63, 3.8) is 0 Å². The van der Waals surface area contributed by atoms with Gasteiger partial charge in [0.1, 0.15) is 5.41 Å². The Kier molecular flexibility index (Phi) is 6.27. The lowest BCUT2D eigenvalue weighted by atomic mass is 9.79. The van der Waals surface area contributed by atoms with E-state index in [2.05, 4.69) is 17.3 Å². The van der Waals surface area contributed by atoms with E-state index in [1.807, 2.05) is 13.8 Å². The predicted octanol–water partition coefficient (Wildman–Crippen LogP) is 2.23. The maximum Gasteiger partial charge on any atom is 0.241 e. The van der Waals surface area contributed by atoms with Crippen molar-refractivity contribution in [2.75, 3.05) is 0 Å². The van der Waals surface area contributed by atoms with E-state index in [1.54, 1.807) is 6.92 Å². The van der Waals surface area contributed by atoms with E-state index in [1.165, 1.54) is 0 Å². The molecule has 0 aliphatic heterocycles. The molecule has 0 saturated carbocycles. The zero-order chi connectivity index (χ0) is 12.6. The van der Waals surface area contributed by atoms with Gasteiger partial charge in [0.15, 0.2) is 0 Å². The van der Waals surface area contributed by atoms with E-state index >= 15 is 0 Å². The summed E-state index contributed by atoms with van der Waals surface area (Å²) < 4.78 is 0. The average molecular weight is 220 g/mol. The molecule has 0 aromatic heterocycles. The molecule has 0 spiro atoms. The molecule has 16 heavy (non-hydrogen) atoms. The molecule has 3 heteroatoms. The minimum Gasteiger partial charge on any atom is -0.341 e. The standard InChI is InChI=1S/C13H20N2O/c1-5-8-13(10-14,9-6-2)12(16)15-11(4)7-3/h3,11H,5-6,8-9H2,1-2,4H3,(H,15,16). The van der Waals surface area contributed by atoms with Gasteiger partial charge >= 0.3 is 0 Å². The summed E-state index contributed by atoms with van der Waals surface area (Å²) in [4.78, 5) is 12.0. The minimum atomic E-state index is -0.908. The van der Waals surface area contributed by atoms with E-state index < -0.39 is 5.41 Å². The van der Waals surface area contributed by atoms with Gasteiger partial charge in [-0.15, -0.1) is 6.42 Å². The lowest BCUT2D eigenvalue weighted by molar-refractivity contribution is -0.129. The van der Waals surface area contributed by atoms with Crippen molar-refractivity contribution in [1.82, 2.24) is 5.32 Å². The van der Waals surface area contributed by atoms with Gasteiger partial charge in [0.05, 0.1) is 12.1 Å². The molecule has 88 valence electrons. The summed E-state index contributed by atoms with van der Waals surface area (Å²) >= 11 is 0. The molecule has 0 bridgehead atoms. The van der Waals surface area contributed by atoms with Gasteiger partial charge in [-0.25, -0.2) is 0 Å². The van der Waals surface area contributed by atoms with Crippen LogP contribution in [0, 0.1) is 29.1 Å². The fraction of sp³-hybridized carbons (Fsp3) is 0.692. The first-order chi connectivity index (χ1) is 7.56. The lowest BCUT2D eigenvalue weighted by Crippen LogP contribution is -2.43. The Hall–Kier alpha value is -1.48. The highest BCUT2D eigenvalue weighted by Gasteiger charge is 2.37. The number of hydrogen-bond donors (Lipinski definition) is 1. The largest absolute Gasteiger partial charge is 0.341 e. The van der Waals surface area contributed by atoms with Gasteiger partial charge in [-0.1, -0.05) is 32.6 Å². The number of nitrogens with one attached hydrogen (secondary N) is 1. The van der Waals surface area contributed by atoms with Crippen LogP contribution in [0.25, 0.3) is 0 Å². The van der Waals surface area contributed by atoms with Crippen molar-refractivity contribution < 1.29 is 4.79 Å². The summed E-state index contributed by atoms with van der Waals surface area (Å²) in [5.41, 5.74) is -0.908. The van der Waals surface area contributed by atoms with Gasteiger partial charge in [0.25, 0.3) is 0 Å². The molecule has 0 aromatic carbocycles. The number of amides is 1. The third kappa shape index (κ3) is 3.59. The Morgan fingerprint density at radius 1 is 1.44 bits per heavy atom. The van der Waals surface area contributed by atoms with Crippen LogP contribution in [0.2, 0.25) is 0 Å². The first-order valence-corrected chi connectivity index (χ1v) is 5.74. The quantitative estimate of drug-likeness (QED) is 0.698. The van der Waals surface area contributed by atoms with Gasteiger partial charge in [0.2, 0.25) is 5.91 Å². The van der Waals surface area contributed by atoms with E-state index in [4.69, 9.17) is 6.42 Å². The molecular weight excluding hydrogens is 200 g/mol. The van der Waals surface area contributed by atoms with Crippen LogP contribution in [-0.2, 0) is 4.79 Å². The molecular formula is C13H20N2O. The monoisotopic (exact) mass is 220 g/mol. The first kappa shape index (κ1) is 14.5. The van der Waals surface area contributed by atoms with Gasteiger partial charge in [-0.05, 0) is 19.8 Å². The summed E-state index contributed by atoms with van der Waals surface area (Å²) in [6.45, 7) is 5.68. The Morgan fingerprint density at radius 2 is 1.94 bits per heavy atom. The first-order valence-electron chi connectivity index (χ1n) is 5.74. The summed E-state index contributed by atoms with van der Waals surface area (Å²) in [5, 5.41) is 11.9. The number of rotatable bonds is 6. The number of carbonyl (C=O) groups excluding carboxylic acids is 1. The zero-order valence-electron chi connectivity index (χ0n) is 10.3. The van der Waals surface area contributed by atoms with Crippen molar-refractivity contribution in [1.29, 1.82) is 5.26 Å². The number of nitriles is 1. The second-order valence-corrected chi connectivity index (χ2v) is 4.06. The molecule has 0 aromatic rings. The summed E-state index contributed by atoms with van der Waals surface area (Å²) in [5.74, 6) is 2.20. The smallest absolute Gasteiger partial charge is 0.241 e. The molecule has 0 aliphatic rings. The molecule has 0 rings (SSSR count). The molecule has 1 amide bonds. The summed E-state index contributed by atoms with van der Waals surface area (Å²) in [7, 11) is 0. The van der Waals surface area contributed by atoms with Crippen LogP contribution >= 0.6 is 0 Å². The molecule has 0 saturated heterocycles.